The van der Waals surface area contributed by atoms with Crippen LogP contribution in [0, 0.1) is 0 Å². The number of unbranched alkanes of at least 4 members (excludes halogenated alkanes) is 4. The maximum atomic E-state index is 5.56. The molecule has 17 heavy (non-hydrogen) atoms. The van der Waals surface area contributed by atoms with E-state index in [4.69, 9.17) is 13.3 Å². The van der Waals surface area contributed by atoms with Crippen molar-refractivity contribution < 1.29 is 13.3 Å². The molecule has 0 fully saturated rings. The van der Waals surface area contributed by atoms with Crippen LogP contribution in [0.15, 0.2) is 0 Å². The van der Waals surface area contributed by atoms with Gasteiger partial charge in [-0.15, -0.1) is 0 Å². The zero-order chi connectivity index (χ0) is 13.1. The zero-order valence-corrected chi connectivity index (χ0v) is 13.3. The molecule has 0 aromatic carbocycles. The number of hydrogen-bond acceptors (Lipinski definition) is 3. The lowest BCUT2D eigenvalue weighted by Gasteiger charge is -2.31. The molecule has 0 aliphatic heterocycles. The van der Waals surface area contributed by atoms with Gasteiger partial charge in [0.25, 0.3) is 0 Å². The van der Waals surface area contributed by atoms with Gasteiger partial charge in [0.1, 0.15) is 0 Å². The van der Waals surface area contributed by atoms with Gasteiger partial charge in [0, 0.05) is 26.9 Å². The predicted octanol–water partition coefficient (Wildman–Crippen LogP) is 4.01. The highest BCUT2D eigenvalue weighted by Crippen LogP contribution is 2.32. The van der Waals surface area contributed by atoms with E-state index < -0.39 is 8.80 Å². The van der Waals surface area contributed by atoms with Crippen molar-refractivity contribution >= 4 is 8.80 Å². The fraction of sp³-hybridized carbons (Fsp3) is 1.00. The first-order chi connectivity index (χ1) is 8.20. The van der Waals surface area contributed by atoms with E-state index in [1.165, 1.54) is 32.1 Å². The molecule has 104 valence electrons. The molecule has 1 atom stereocenters. The van der Waals surface area contributed by atoms with Crippen LogP contribution in [0.3, 0.4) is 0 Å². The lowest BCUT2D eigenvalue weighted by Crippen LogP contribution is -2.47. The van der Waals surface area contributed by atoms with E-state index in [2.05, 4.69) is 13.8 Å². The average molecular weight is 262 g/mol. The van der Waals surface area contributed by atoms with Crippen LogP contribution in [-0.2, 0) is 13.3 Å². The summed E-state index contributed by atoms with van der Waals surface area (Å²) >= 11 is 0. The highest BCUT2D eigenvalue weighted by molar-refractivity contribution is 6.62. The third kappa shape index (κ3) is 5.51. The monoisotopic (exact) mass is 262 g/mol. The van der Waals surface area contributed by atoms with Gasteiger partial charge in [0.15, 0.2) is 0 Å². The van der Waals surface area contributed by atoms with Gasteiger partial charge in [-0.25, -0.2) is 0 Å². The Morgan fingerprint density at radius 1 is 0.824 bits per heavy atom. The Kier molecular flexibility index (Phi) is 10.1. The van der Waals surface area contributed by atoms with Crippen molar-refractivity contribution in [2.45, 2.75) is 64.3 Å². The average Bonchev–Trinajstić information content (AvgIpc) is 2.38. The first-order valence-electron chi connectivity index (χ1n) is 6.86. The second-order valence-corrected chi connectivity index (χ2v) is 7.77. The summed E-state index contributed by atoms with van der Waals surface area (Å²) in [5.41, 5.74) is 0.434. The minimum absolute atomic E-state index is 0.434. The molecule has 0 heterocycles. The van der Waals surface area contributed by atoms with Crippen molar-refractivity contribution in [1.29, 1.82) is 0 Å². The second-order valence-electron chi connectivity index (χ2n) is 4.52. The smallest absolute Gasteiger partial charge is 0.377 e. The van der Waals surface area contributed by atoms with Crippen LogP contribution in [0.5, 0.6) is 0 Å². The lowest BCUT2D eigenvalue weighted by molar-refractivity contribution is 0.108. The third-order valence-corrected chi connectivity index (χ3v) is 6.91. The van der Waals surface area contributed by atoms with E-state index in [-0.39, 0.29) is 0 Å². The Bertz CT molecular complexity index is 164. The normalized spacial score (nSPS) is 13.9. The minimum Gasteiger partial charge on any atom is -0.377 e. The second kappa shape index (κ2) is 10.1. The standard InChI is InChI=1S/C13H30O3Si/c1-6-8-9-10-11-12-13(7-2)17(14-3,15-4)16-5/h13H,6-12H2,1-5H3. The van der Waals surface area contributed by atoms with Crippen molar-refractivity contribution in [3.05, 3.63) is 0 Å². The Morgan fingerprint density at radius 2 is 1.35 bits per heavy atom. The molecule has 0 aliphatic carbocycles. The maximum Gasteiger partial charge on any atom is 0.503 e. The number of hydrogen-bond donors (Lipinski definition) is 0. The van der Waals surface area contributed by atoms with Crippen molar-refractivity contribution in [3.63, 3.8) is 0 Å². The van der Waals surface area contributed by atoms with E-state index in [1.807, 2.05) is 0 Å². The van der Waals surface area contributed by atoms with Gasteiger partial charge in [-0.2, -0.15) is 0 Å². The van der Waals surface area contributed by atoms with E-state index in [0.717, 1.165) is 12.8 Å². The molecule has 0 N–H and O–H groups in total. The third-order valence-electron chi connectivity index (χ3n) is 3.50. The minimum atomic E-state index is -2.42. The molecule has 0 saturated heterocycles. The van der Waals surface area contributed by atoms with Crippen LogP contribution < -0.4 is 0 Å². The molecule has 0 amide bonds. The van der Waals surface area contributed by atoms with E-state index >= 15 is 0 Å². The van der Waals surface area contributed by atoms with Crippen LogP contribution >= 0.6 is 0 Å². The largest absolute Gasteiger partial charge is 0.503 e. The Morgan fingerprint density at radius 3 is 1.76 bits per heavy atom. The van der Waals surface area contributed by atoms with Crippen LogP contribution in [0.4, 0.5) is 0 Å². The fourth-order valence-corrected chi connectivity index (χ4v) is 4.93. The summed E-state index contributed by atoms with van der Waals surface area (Å²) in [5.74, 6) is 0. The van der Waals surface area contributed by atoms with Crippen LogP contribution in [0.2, 0.25) is 5.54 Å². The van der Waals surface area contributed by atoms with E-state index in [0.29, 0.717) is 5.54 Å². The molecule has 0 aromatic heterocycles. The van der Waals surface area contributed by atoms with E-state index in [9.17, 15) is 0 Å². The van der Waals surface area contributed by atoms with Gasteiger partial charge in [-0.3, -0.25) is 0 Å². The van der Waals surface area contributed by atoms with Crippen molar-refractivity contribution in [3.8, 4) is 0 Å². The molecular formula is C13H30O3Si. The molecule has 0 saturated carbocycles. The SMILES string of the molecule is CCCCCCCC(CC)[Si](OC)(OC)OC. The van der Waals surface area contributed by atoms with Crippen LogP contribution in [-0.4, -0.2) is 30.1 Å². The first kappa shape index (κ1) is 17.1. The van der Waals surface area contributed by atoms with Crippen molar-refractivity contribution in [1.82, 2.24) is 0 Å². The highest BCUT2D eigenvalue weighted by Gasteiger charge is 2.45. The van der Waals surface area contributed by atoms with Crippen molar-refractivity contribution in [2.75, 3.05) is 21.3 Å². The summed E-state index contributed by atoms with van der Waals surface area (Å²) in [4.78, 5) is 0. The van der Waals surface area contributed by atoms with Crippen LogP contribution in [0.25, 0.3) is 0 Å². The van der Waals surface area contributed by atoms with Gasteiger partial charge >= 0.3 is 8.80 Å². The zero-order valence-electron chi connectivity index (χ0n) is 12.3. The molecular weight excluding hydrogens is 232 g/mol. The molecule has 0 aliphatic rings. The summed E-state index contributed by atoms with van der Waals surface area (Å²) < 4.78 is 16.7. The van der Waals surface area contributed by atoms with Gasteiger partial charge < -0.3 is 13.3 Å². The summed E-state index contributed by atoms with van der Waals surface area (Å²) in [7, 11) is 2.71. The summed E-state index contributed by atoms with van der Waals surface area (Å²) in [5, 5.41) is 0. The maximum absolute atomic E-state index is 5.56. The molecule has 1 unspecified atom stereocenters. The van der Waals surface area contributed by atoms with Gasteiger partial charge in [0.2, 0.25) is 0 Å². The Balaban J connectivity index is 4.11. The summed E-state index contributed by atoms with van der Waals surface area (Å²) in [6.45, 7) is 4.43. The Labute approximate surface area is 108 Å². The molecule has 0 radical (unpaired) electrons. The van der Waals surface area contributed by atoms with Gasteiger partial charge in [0.05, 0.1) is 0 Å². The van der Waals surface area contributed by atoms with Crippen molar-refractivity contribution in [2.24, 2.45) is 0 Å². The number of rotatable bonds is 11. The Hall–Kier alpha value is 0.0969. The molecule has 3 nitrogen and oxygen atoms in total. The molecule has 0 spiro atoms. The predicted molar refractivity (Wildman–Crippen MR) is 74.2 cm³/mol. The lowest BCUT2D eigenvalue weighted by atomic mass is 10.1. The molecule has 0 rings (SSSR count). The van der Waals surface area contributed by atoms with Crippen LogP contribution in [0.1, 0.15) is 58.8 Å². The molecule has 0 aromatic rings. The van der Waals surface area contributed by atoms with E-state index in [1.54, 1.807) is 21.3 Å². The quantitative estimate of drug-likeness (QED) is 0.416. The molecule has 4 heteroatoms. The summed E-state index contributed by atoms with van der Waals surface area (Å²) in [6, 6.07) is 0. The summed E-state index contributed by atoms with van der Waals surface area (Å²) in [6.07, 6.45) is 8.77. The highest BCUT2D eigenvalue weighted by atomic mass is 28.4. The fourth-order valence-electron chi connectivity index (χ4n) is 2.38. The topological polar surface area (TPSA) is 27.7 Å². The van der Waals surface area contributed by atoms with Gasteiger partial charge in [-0.1, -0.05) is 46.0 Å². The first-order valence-corrected chi connectivity index (χ1v) is 8.66. The van der Waals surface area contributed by atoms with Gasteiger partial charge in [-0.05, 0) is 12.8 Å². The molecule has 0 bridgehead atoms.